The normalized spacial score (nSPS) is 14.8. The van der Waals surface area contributed by atoms with E-state index in [0.29, 0.717) is 41.9 Å². The van der Waals surface area contributed by atoms with Crippen molar-refractivity contribution in [1.82, 2.24) is 15.1 Å². The molecule has 1 fully saturated rings. The van der Waals surface area contributed by atoms with Gasteiger partial charge < -0.3 is 19.5 Å². The predicted molar refractivity (Wildman–Crippen MR) is 88.5 cm³/mol. The number of aryl methyl sites for hydroxylation is 4. The van der Waals surface area contributed by atoms with Crippen molar-refractivity contribution >= 4 is 17.5 Å². The Morgan fingerprint density at radius 1 is 1.04 bits per heavy atom. The van der Waals surface area contributed by atoms with Crippen LogP contribution in [-0.4, -0.2) is 47.3 Å². The minimum Gasteiger partial charge on any atom is -0.378 e. The first-order valence-corrected chi connectivity index (χ1v) is 7.89. The highest BCUT2D eigenvalue weighted by molar-refractivity contribution is 6.06. The molecule has 0 aromatic carbocycles. The standard InChI is InChI=1S/C16H21N5O3/c1-9-13(12(4)24-20-9)15(22)19-14-10(2)17-16(18-11(14)3)21-5-7-23-8-6-21/h5-8H2,1-4H3,(H,19,22). The van der Waals surface area contributed by atoms with Crippen molar-refractivity contribution in [3.8, 4) is 0 Å². The molecule has 0 spiro atoms. The molecule has 0 saturated carbocycles. The Morgan fingerprint density at radius 3 is 2.21 bits per heavy atom. The van der Waals surface area contributed by atoms with E-state index in [0.717, 1.165) is 24.5 Å². The number of nitrogens with one attached hydrogen (secondary N) is 1. The quantitative estimate of drug-likeness (QED) is 0.916. The van der Waals surface area contributed by atoms with Gasteiger partial charge in [0.25, 0.3) is 5.91 Å². The number of ether oxygens (including phenoxy) is 1. The summed E-state index contributed by atoms with van der Waals surface area (Å²) < 4.78 is 10.4. The zero-order valence-corrected chi connectivity index (χ0v) is 14.3. The molecule has 0 aliphatic carbocycles. The van der Waals surface area contributed by atoms with Crippen molar-refractivity contribution in [2.75, 3.05) is 36.5 Å². The van der Waals surface area contributed by atoms with Gasteiger partial charge in [0.2, 0.25) is 5.95 Å². The van der Waals surface area contributed by atoms with Crippen LogP contribution in [0.25, 0.3) is 0 Å². The molecule has 2 aromatic heterocycles. The molecule has 3 heterocycles. The van der Waals surface area contributed by atoms with Crippen molar-refractivity contribution < 1.29 is 14.1 Å². The van der Waals surface area contributed by atoms with Gasteiger partial charge in [-0.1, -0.05) is 5.16 Å². The molecule has 1 aliphatic rings. The number of anilines is 2. The number of hydrogen-bond donors (Lipinski definition) is 1. The van der Waals surface area contributed by atoms with E-state index in [9.17, 15) is 4.79 Å². The zero-order chi connectivity index (χ0) is 17.3. The molecule has 8 nitrogen and oxygen atoms in total. The molecule has 1 aliphatic heterocycles. The van der Waals surface area contributed by atoms with E-state index in [1.54, 1.807) is 13.8 Å². The van der Waals surface area contributed by atoms with E-state index < -0.39 is 0 Å². The number of aromatic nitrogens is 3. The molecule has 128 valence electrons. The van der Waals surface area contributed by atoms with E-state index >= 15 is 0 Å². The molecule has 0 bridgehead atoms. The minimum atomic E-state index is -0.264. The van der Waals surface area contributed by atoms with E-state index in [4.69, 9.17) is 9.26 Å². The van der Waals surface area contributed by atoms with E-state index in [1.165, 1.54) is 0 Å². The lowest BCUT2D eigenvalue weighted by molar-refractivity contribution is 0.102. The van der Waals surface area contributed by atoms with Crippen LogP contribution in [0.5, 0.6) is 0 Å². The first-order chi connectivity index (χ1) is 11.5. The van der Waals surface area contributed by atoms with Gasteiger partial charge in [-0.2, -0.15) is 0 Å². The second-order valence-electron chi connectivity index (χ2n) is 5.82. The van der Waals surface area contributed by atoms with Gasteiger partial charge in [0.15, 0.2) is 0 Å². The molecule has 2 aromatic rings. The van der Waals surface area contributed by atoms with Crippen LogP contribution < -0.4 is 10.2 Å². The third kappa shape index (κ3) is 3.09. The Hall–Kier alpha value is -2.48. The molecule has 1 amide bonds. The molecule has 1 N–H and O–H groups in total. The van der Waals surface area contributed by atoms with Crippen LogP contribution in [0.2, 0.25) is 0 Å². The Bertz CT molecular complexity index is 723. The summed E-state index contributed by atoms with van der Waals surface area (Å²) in [6.07, 6.45) is 0. The van der Waals surface area contributed by atoms with Crippen LogP contribution in [0.15, 0.2) is 4.52 Å². The minimum absolute atomic E-state index is 0.264. The average molecular weight is 331 g/mol. The average Bonchev–Trinajstić information content (AvgIpc) is 2.90. The lowest BCUT2D eigenvalue weighted by atomic mass is 10.2. The molecule has 3 rings (SSSR count). The lowest BCUT2D eigenvalue weighted by Crippen LogP contribution is -2.37. The van der Waals surface area contributed by atoms with Gasteiger partial charge >= 0.3 is 0 Å². The maximum Gasteiger partial charge on any atom is 0.261 e. The Balaban J connectivity index is 1.85. The van der Waals surface area contributed by atoms with E-state index in [2.05, 4.69) is 25.3 Å². The van der Waals surface area contributed by atoms with Gasteiger partial charge in [-0.3, -0.25) is 4.79 Å². The summed E-state index contributed by atoms with van der Waals surface area (Å²) in [6.45, 7) is 10.1. The van der Waals surface area contributed by atoms with Gasteiger partial charge in [0, 0.05) is 13.1 Å². The van der Waals surface area contributed by atoms with Gasteiger partial charge in [0.1, 0.15) is 11.3 Å². The lowest BCUT2D eigenvalue weighted by Gasteiger charge is -2.27. The zero-order valence-electron chi connectivity index (χ0n) is 14.3. The summed E-state index contributed by atoms with van der Waals surface area (Å²) in [5.74, 6) is 0.898. The number of rotatable bonds is 3. The molecule has 0 unspecified atom stereocenters. The maximum absolute atomic E-state index is 12.5. The number of nitrogens with zero attached hydrogens (tertiary/aromatic N) is 4. The molecular weight excluding hydrogens is 310 g/mol. The summed E-state index contributed by atoms with van der Waals surface area (Å²) in [4.78, 5) is 23.7. The van der Waals surface area contributed by atoms with Crippen LogP contribution in [-0.2, 0) is 4.74 Å². The summed E-state index contributed by atoms with van der Waals surface area (Å²) in [5.41, 5.74) is 3.09. The van der Waals surface area contributed by atoms with Crippen LogP contribution in [0, 0.1) is 27.7 Å². The fourth-order valence-corrected chi connectivity index (χ4v) is 2.77. The SMILES string of the molecule is Cc1nc(N2CCOCC2)nc(C)c1NC(=O)c1c(C)noc1C. The monoisotopic (exact) mass is 331 g/mol. The molecule has 0 radical (unpaired) electrons. The number of carbonyl (C=O) groups excluding carboxylic acids is 1. The fourth-order valence-electron chi connectivity index (χ4n) is 2.77. The van der Waals surface area contributed by atoms with Gasteiger partial charge in [0.05, 0.1) is 36.0 Å². The van der Waals surface area contributed by atoms with Crippen LogP contribution in [0.4, 0.5) is 11.6 Å². The van der Waals surface area contributed by atoms with Crippen LogP contribution in [0.1, 0.15) is 33.2 Å². The second-order valence-corrected chi connectivity index (χ2v) is 5.82. The van der Waals surface area contributed by atoms with Crippen molar-refractivity contribution in [1.29, 1.82) is 0 Å². The van der Waals surface area contributed by atoms with E-state index in [1.807, 2.05) is 13.8 Å². The Kier molecular flexibility index (Phi) is 4.48. The summed E-state index contributed by atoms with van der Waals surface area (Å²) in [7, 11) is 0. The first-order valence-electron chi connectivity index (χ1n) is 7.89. The third-order valence-electron chi connectivity index (χ3n) is 4.05. The summed E-state index contributed by atoms with van der Waals surface area (Å²) >= 11 is 0. The van der Waals surface area contributed by atoms with Crippen LogP contribution >= 0.6 is 0 Å². The smallest absolute Gasteiger partial charge is 0.261 e. The first kappa shape index (κ1) is 16.4. The highest BCUT2D eigenvalue weighted by atomic mass is 16.5. The number of hydrogen-bond acceptors (Lipinski definition) is 7. The van der Waals surface area contributed by atoms with Gasteiger partial charge in [-0.15, -0.1) is 0 Å². The van der Waals surface area contributed by atoms with Crippen molar-refractivity contribution in [2.45, 2.75) is 27.7 Å². The highest BCUT2D eigenvalue weighted by Gasteiger charge is 2.21. The van der Waals surface area contributed by atoms with Crippen molar-refractivity contribution in [3.05, 3.63) is 28.4 Å². The Labute approximate surface area is 140 Å². The summed E-state index contributed by atoms with van der Waals surface area (Å²) in [5, 5.41) is 6.70. The number of morpholine rings is 1. The molecule has 8 heteroatoms. The summed E-state index contributed by atoms with van der Waals surface area (Å²) in [6, 6.07) is 0. The maximum atomic E-state index is 12.5. The second kappa shape index (κ2) is 6.56. The molecule has 1 saturated heterocycles. The predicted octanol–water partition coefficient (Wildman–Crippen LogP) is 1.79. The fraction of sp³-hybridized carbons (Fsp3) is 0.500. The van der Waals surface area contributed by atoms with Gasteiger partial charge in [-0.25, -0.2) is 9.97 Å². The highest BCUT2D eigenvalue weighted by Crippen LogP contribution is 2.23. The van der Waals surface area contributed by atoms with E-state index in [-0.39, 0.29) is 5.91 Å². The molecule has 0 atom stereocenters. The van der Waals surface area contributed by atoms with Gasteiger partial charge in [-0.05, 0) is 27.7 Å². The molecule has 24 heavy (non-hydrogen) atoms. The topological polar surface area (TPSA) is 93.4 Å². The third-order valence-corrected chi connectivity index (χ3v) is 4.05. The number of carbonyl (C=O) groups is 1. The van der Waals surface area contributed by atoms with Crippen molar-refractivity contribution in [2.24, 2.45) is 0 Å². The van der Waals surface area contributed by atoms with Crippen LogP contribution in [0.3, 0.4) is 0 Å². The van der Waals surface area contributed by atoms with Crippen molar-refractivity contribution in [3.63, 3.8) is 0 Å². The largest absolute Gasteiger partial charge is 0.378 e. The Morgan fingerprint density at radius 2 is 1.67 bits per heavy atom. The molecular formula is C16H21N5O3. The number of amides is 1.